The molecule has 0 aliphatic heterocycles. The number of H-pyrrole nitrogens is 1. The summed E-state index contributed by atoms with van der Waals surface area (Å²) >= 11 is 0. The SMILES string of the molecule is N#Cc1ccc(C=NNc2nc(-c3ccccc3)c(C#N)c(=O)[nH]2)cc1. The number of hydrogen-bond acceptors (Lipinski definition) is 6. The summed E-state index contributed by atoms with van der Waals surface area (Å²) in [5.41, 5.74) is 4.33. The summed E-state index contributed by atoms with van der Waals surface area (Å²) < 4.78 is 0. The molecule has 0 aliphatic carbocycles. The zero-order valence-electron chi connectivity index (χ0n) is 13.5. The Hall–Kier alpha value is -4.23. The number of aromatic nitrogens is 2. The van der Waals surface area contributed by atoms with E-state index in [1.165, 1.54) is 6.21 Å². The van der Waals surface area contributed by atoms with Crippen LogP contribution in [0.2, 0.25) is 0 Å². The zero-order valence-corrected chi connectivity index (χ0v) is 13.5. The van der Waals surface area contributed by atoms with Crippen LogP contribution in [0, 0.1) is 22.7 Å². The van der Waals surface area contributed by atoms with E-state index in [1.807, 2.05) is 18.2 Å². The van der Waals surface area contributed by atoms with Crippen molar-refractivity contribution in [1.29, 1.82) is 10.5 Å². The maximum Gasteiger partial charge on any atom is 0.270 e. The molecule has 0 aliphatic rings. The summed E-state index contributed by atoms with van der Waals surface area (Å²) in [5.74, 6) is 0.123. The molecule has 3 aromatic rings. The highest BCUT2D eigenvalue weighted by Gasteiger charge is 2.12. The Labute approximate surface area is 148 Å². The van der Waals surface area contributed by atoms with Crippen molar-refractivity contribution >= 4 is 12.2 Å². The number of nitriles is 2. The second-order valence-electron chi connectivity index (χ2n) is 5.22. The van der Waals surface area contributed by atoms with Crippen LogP contribution in [0.1, 0.15) is 16.7 Å². The summed E-state index contributed by atoms with van der Waals surface area (Å²) in [6.07, 6.45) is 1.53. The minimum Gasteiger partial charge on any atom is -0.290 e. The van der Waals surface area contributed by atoms with Gasteiger partial charge in [0, 0.05) is 5.56 Å². The summed E-state index contributed by atoms with van der Waals surface area (Å²) in [6.45, 7) is 0. The van der Waals surface area contributed by atoms with Crippen molar-refractivity contribution in [2.75, 3.05) is 5.43 Å². The molecule has 1 aromatic heterocycles. The van der Waals surface area contributed by atoms with Crippen LogP contribution in [-0.4, -0.2) is 16.2 Å². The van der Waals surface area contributed by atoms with Gasteiger partial charge in [0.15, 0.2) is 0 Å². The summed E-state index contributed by atoms with van der Waals surface area (Å²) in [7, 11) is 0. The quantitative estimate of drug-likeness (QED) is 0.559. The monoisotopic (exact) mass is 340 g/mol. The van der Waals surface area contributed by atoms with Crippen molar-refractivity contribution in [1.82, 2.24) is 9.97 Å². The molecule has 7 nitrogen and oxygen atoms in total. The molecule has 2 N–H and O–H groups in total. The lowest BCUT2D eigenvalue weighted by Crippen LogP contribution is -2.16. The van der Waals surface area contributed by atoms with Crippen LogP contribution in [-0.2, 0) is 0 Å². The van der Waals surface area contributed by atoms with Crippen molar-refractivity contribution in [2.24, 2.45) is 5.10 Å². The Morgan fingerprint density at radius 1 is 1.04 bits per heavy atom. The molecule has 1 heterocycles. The molecule has 124 valence electrons. The number of anilines is 1. The Morgan fingerprint density at radius 3 is 2.42 bits per heavy atom. The van der Waals surface area contributed by atoms with Gasteiger partial charge in [0.05, 0.1) is 23.5 Å². The van der Waals surface area contributed by atoms with Gasteiger partial charge in [-0.2, -0.15) is 15.6 Å². The van der Waals surface area contributed by atoms with Gasteiger partial charge in [0.1, 0.15) is 11.6 Å². The van der Waals surface area contributed by atoms with Crippen LogP contribution in [0.4, 0.5) is 5.95 Å². The van der Waals surface area contributed by atoms with E-state index in [9.17, 15) is 10.1 Å². The standard InChI is InChI=1S/C19H12N6O/c20-10-13-6-8-14(9-7-13)12-22-25-19-23-17(15-4-2-1-3-5-15)16(11-21)18(26)24-19/h1-9,12H,(H2,23,24,25,26). The van der Waals surface area contributed by atoms with E-state index in [4.69, 9.17) is 5.26 Å². The van der Waals surface area contributed by atoms with Crippen molar-refractivity contribution in [3.63, 3.8) is 0 Å². The van der Waals surface area contributed by atoms with Gasteiger partial charge in [-0.05, 0) is 17.7 Å². The molecule has 0 saturated carbocycles. The molecule has 0 atom stereocenters. The van der Waals surface area contributed by atoms with Crippen molar-refractivity contribution < 1.29 is 0 Å². The molecule has 3 rings (SSSR count). The van der Waals surface area contributed by atoms with Gasteiger partial charge in [-0.1, -0.05) is 42.5 Å². The molecule has 0 amide bonds. The minimum atomic E-state index is -0.544. The molecule has 0 radical (unpaired) electrons. The lowest BCUT2D eigenvalue weighted by molar-refractivity contribution is 1.08. The largest absolute Gasteiger partial charge is 0.290 e. The zero-order chi connectivity index (χ0) is 18.4. The van der Waals surface area contributed by atoms with Crippen LogP contribution in [0.3, 0.4) is 0 Å². The Morgan fingerprint density at radius 2 is 1.77 bits per heavy atom. The Bertz CT molecular complexity index is 1090. The summed E-state index contributed by atoms with van der Waals surface area (Å²) in [5, 5.41) is 22.0. The predicted molar refractivity (Wildman–Crippen MR) is 97.4 cm³/mol. The third-order valence-electron chi connectivity index (χ3n) is 3.50. The molecule has 2 aromatic carbocycles. The van der Waals surface area contributed by atoms with Gasteiger partial charge in [0.25, 0.3) is 5.56 Å². The van der Waals surface area contributed by atoms with Gasteiger partial charge in [-0.25, -0.2) is 10.4 Å². The third kappa shape index (κ3) is 3.64. The number of benzene rings is 2. The summed E-state index contributed by atoms with van der Waals surface area (Å²) in [4.78, 5) is 18.9. The first kappa shape index (κ1) is 16.6. The highest BCUT2D eigenvalue weighted by molar-refractivity contribution is 5.80. The fourth-order valence-electron chi connectivity index (χ4n) is 2.25. The lowest BCUT2D eigenvalue weighted by Gasteiger charge is -2.05. The average molecular weight is 340 g/mol. The first-order valence-electron chi connectivity index (χ1n) is 7.60. The molecule has 7 heteroatoms. The molecular weight excluding hydrogens is 328 g/mol. The molecule has 0 fully saturated rings. The molecule has 0 unspecified atom stereocenters. The summed E-state index contributed by atoms with van der Waals surface area (Å²) in [6, 6.07) is 19.7. The van der Waals surface area contributed by atoms with Crippen LogP contribution in [0.25, 0.3) is 11.3 Å². The van der Waals surface area contributed by atoms with Gasteiger partial charge in [-0.3, -0.25) is 9.78 Å². The number of hydrazone groups is 1. The maximum atomic E-state index is 12.1. The number of nitrogens with one attached hydrogen (secondary N) is 2. The number of hydrogen-bond donors (Lipinski definition) is 2. The van der Waals surface area contributed by atoms with E-state index in [0.29, 0.717) is 11.1 Å². The van der Waals surface area contributed by atoms with E-state index in [1.54, 1.807) is 48.5 Å². The third-order valence-corrected chi connectivity index (χ3v) is 3.50. The first-order chi connectivity index (χ1) is 12.7. The second-order valence-corrected chi connectivity index (χ2v) is 5.22. The normalized spacial score (nSPS) is 10.2. The van der Waals surface area contributed by atoms with Crippen LogP contribution >= 0.6 is 0 Å². The number of nitrogens with zero attached hydrogens (tertiary/aromatic N) is 4. The van der Waals surface area contributed by atoms with Crippen molar-refractivity contribution in [3.8, 4) is 23.4 Å². The van der Waals surface area contributed by atoms with E-state index >= 15 is 0 Å². The molecular formula is C19H12N6O. The van der Waals surface area contributed by atoms with Crippen LogP contribution in [0.15, 0.2) is 64.5 Å². The van der Waals surface area contributed by atoms with E-state index in [2.05, 4.69) is 20.5 Å². The molecule has 26 heavy (non-hydrogen) atoms. The Kier molecular flexibility index (Phi) is 4.83. The topological polar surface area (TPSA) is 118 Å². The highest BCUT2D eigenvalue weighted by Crippen LogP contribution is 2.19. The van der Waals surface area contributed by atoms with Gasteiger partial charge in [-0.15, -0.1) is 0 Å². The van der Waals surface area contributed by atoms with Gasteiger partial charge in [0.2, 0.25) is 5.95 Å². The van der Waals surface area contributed by atoms with Crippen molar-refractivity contribution in [2.45, 2.75) is 0 Å². The smallest absolute Gasteiger partial charge is 0.270 e. The fourth-order valence-corrected chi connectivity index (χ4v) is 2.25. The van der Waals surface area contributed by atoms with E-state index in [-0.39, 0.29) is 17.2 Å². The maximum absolute atomic E-state index is 12.1. The van der Waals surface area contributed by atoms with Crippen LogP contribution in [0.5, 0.6) is 0 Å². The second kappa shape index (κ2) is 7.56. The van der Waals surface area contributed by atoms with E-state index in [0.717, 1.165) is 5.56 Å². The van der Waals surface area contributed by atoms with Crippen LogP contribution < -0.4 is 11.0 Å². The molecule has 0 spiro atoms. The Balaban J connectivity index is 1.88. The minimum absolute atomic E-state index is 0.0576. The fraction of sp³-hybridized carbons (Fsp3) is 0. The highest BCUT2D eigenvalue weighted by atomic mass is 16.1. The van der Waals surface area contributed by atoms with Gasteiger partial charge < -0.3 is 0 Å². The molecule has 0 saturated heterocycles. The predicted octanol–water partition coefficient (Wildman–Crippen LogP) is 2.63. The average Bonchev–Trinajstić information content (AvgIpc) is 2.69. The van der Waals surface area contributed by atoms with Gasteiger partial charge >= 0.3 is 0 Å². The lowest BCUT2D eigenvalue weighted by atomic mass is 10.1. The van der Waals surface area contributed by atoms with Crippen molar-refractivity contribution in [3.05, 3.63) is 81.6 Å². The number of aromatic amines is 1. The number of rotatable bonds is 4. The van der Waals surface area contributed by atoms with E-state index < -0.39 is 5.56 Å². The molecule has 0 bridgehead atoms. The first-order valence-corrected chi connectivity index (χ1v) is 7.60.